The van der Waals surface area contributed by atoms with Crippen LogP contribution in [-0.4, -0.2) is 14.8 Å². The second-order valence-corrected chi connectivity index (χ2v) is 5.09. The highest BCUT2D eigenvalue weighted by Crippen LogP contribution is 2.32. The Balaban J connectivity index is 2.15. The molecule has 0 atom stereocenters. The normalized spacial score (nSPS) is 16.3. The Kier molecular flexibility index (Phi) is 3.29. The monoisotopic (exact) mass is 227 g/mol. The molecule has 0 N–H and O–H groups in total. The average molecular weight is 228 g/mol. The second-order valence-electron chi connectivity index (χ2n) is 4.82. The number of alkyl halides is 1. The predicted molar refractivity (Wildman–Crippen MR) is 60.8 cm³/mol. The number of hydrogen-bond acceptors (Lipinski definition) is 2. The first-order valence-electron chi connectivity index (χ1n) is 5.67. The van der Waals surface area contributed by atoms with Gasteiger partial charge in [-0.15, -0.1) is 21.8 Å². The van der Waals surface area contributed by atoms with Gasteiger partial charge in [-0.3, -0.25) is 0 Å². The van der Waals surface area contributed by atoms with E-state index in [1.807, 2.05) is 0 Å². The molecular formula is C11H18ClN3. The van der Waals surface area contributed by atoms with Gasteiger partial charge in [-0.2, -0.15) is 0 Å². The molecule has 0 aromatic carbocycles. The van der Waals surface area contributed by atoms with Crippen LogP contribution in [0.2, 0.25) is 0 Å². The zero-order valence-electron chi connectivity index (χ0n) is 9.41. The lowest BCUT2D eigenvalue weighted by molar-refractivity contribution is 0.492. The first-order valence-corrected chi connectivity index (χ1v) is 6.21. The van der Waals surface area contributed by atoms with Gasteiger partial charge in [0.2, 0.25) is 0 Å². The van der Waals surface area contributed by atoms with Gasteiger partial charge in [0.25, 0.3) is 0 Å². The van der Waals surface area contributed by atoms with E-state index in [-0.39, 0.29) is 0 Å². The number of hydrogen-bond donors (Lipinski definition) is 0. The van der Waals surface area contributed by atoms with E-state index < -0.39 is 0 Å². The number of aromatic nitrogens is 3. The molecule has 0 bridgehead atoms. The minimum absolute atomic E-state index is 0.463. The molecule has 0 radical (unpaired) electrons. The molecule has 2 rings (SSSR count). The van der Waals surface area contributed by atoms with E-state index in [2.05, 4.69) is 28.6 Å². The van der Waals surface area contributed by atoms with E-state index >= 15 is 0 Å². The summed E-state index contributed by atoms with van der Waals surface area (Å²) in [6, 6.07) is 0. The van der Waals surface area contributed by atoms with Crippen LogP contribution >= 0.6 is 11.6 Å². The standard InChI is InChI=1S/C11H18ClN3/c1-8(2)7-15-10(5-9-3-4-9)13-14-11(15)6-12/h8-9H,3-7H2,1-2H3. The summed E-state index contributed by atoms with van der Waals surface area (Å²) < 4.78 is 2.20. The van der Waals surface area contributed by atoms with Crippen molar-refractivity contribution in [1.29, 1.82) is 0 Å². The third-order valence-electron chi connectivity index (χ3n) is 2.74. The van der Waals surface area contributed by atoms with Gasteiger partial charge >= 0.3 is 0 Å². The zero-order valence-corrected chi connectivity index (χ0v) is 10.2. The molecule has 0 spiro atoms. The fraction of sp³-hybridized carbons (Fsp3) is 0.818. The molecule has 0 amide bonds. The third kappa shape index (κ3) is 2.71. The van der Waals surface area contributed by atoms with Crippen LogP contribution in [0.4, 0.5) is 0 Å². The van der Waals surface area contributed by atoms with Crippen LogP contribution in [0.3, 0.4) is 0 Å². The van der Waals surface area contributed by atoms with Crippen LogP contribution in [0.5, 0.6) is 0 Å². The van der Waals surface area contributed by atoms with Crippen LogP contribution in [0, 0.1) is 11.8 Å². The summed E-state index contributed by atoms with van der Waals surface area (Å²) in [6.45, 7) is 5.40. The van der Waals surface area contributed by atoms with Crippen molar-refractivity contribution in [3.63, 3.8) is 0 Å². The molecule has 4 heteroatoms. The van der Waals surface area contributed by atoms with Crippen molar-refractivity contribution in [3.05, 3.63) is 11.6 Å². The van der Waals surface area contributed by atoms with Crippen molar-refractivity contribution in [2.45, 2.75) is 45.5 Å². The average Bonchev–Trinajstić information content (AvgIpc) is 2.91. The molecule has 3 nitrogen and oxygen atoms in total. The Morgan fingerprint density at radius 2 is 2.00 bits per heavy atom. The van der Waals surface area contributed by atoms with Crippen molar-refractivity contribution in [3.8, 4) is 0 Å². The summed E-state index contributed by atoms with van der Waals surface area (Å²) in [6.07, 6.45) is 3.78. The minimum Gasteiger partial charge on any atom is -0.314 e. The molecule has 0 aliphatic heterocycles. The van der Waals surface area contributed by atoms with Crippen molar-refractivity contribution >= 4 is 11.6 Å². The second kappa shape index (κ2) is 4.52. The van der Waals surface area contributed by atoms with Crippen LogP contribution in [0.25, 0.3) is 0 Å². The van der Waals surface area contributed by atoms with Gasteiger partial charge in [0.15, 0.2) is 0 Å². The molecule has 1 aliphatic carbocycles. The van der Waals surface area contributed by atoms with Crippen LogP contribution in [0.15, 0.2) is 0 Å². The third-order valence-corrected chi connectivity index (χ3v) is 2.98. The van der Waals surface area contributed by atoms with Gasteiger partial charge in [-0.05, 0) is 24.7 Å². The lowest BCUT2D eigenvalue weighted by Crippen LogP contribution is -2.11. The maximum atomic E-state index is 5.86. The molecule has 1 aromatic rings. The summed E-state index contributed by atoms with van der Waals surface area (Å²) in [5.74, 6) is 3.97. The highest BCUT2D eigenvalue weighted by Gasteiger charge is 2.25. The fourth-order valence-electron chi connectivity index (χ4n) is 1.78. The zero-order chi connectivity index (χ0) is 10.8. The van der Waals surface area contributed by atoms with Crippen LogP contribution < -0.4 is 0 Å². The molecule has 1 aliphatic rings. The van der Waals surface area contributed by atoms with E-state index in [0.717, 1.165) is 30.5 Å². The highest BCUT2D eigenvalue weighted by atomic mass is 35.5. The van der Waals surface area contributed by atoms with Crippen molar-refractivity contribution in [2.75, 3.05) is 0 Å². The molecule has 1 heterocycles. The molecule has 1 saturated carbocycles. The van der Waals surface area contributed by atoms with E-state index in [0.29, 0.717) is 11.8 Å². The topological polar surface area (TPSA) is 30.7 Å². The van der Waals surface area contributed by atoms with Crippen LogP contribution in [-0.2, 0) is 18.8 Å². The summed E-state index contributed by atoms with van der Waals surface area (Å²) >= 11 is 5.86. The van der Waals surface area contributed by atoms with E-state index in [9.17, 15) is 0 Å². The van der Waals surface area contributed by atoms with E-state index in [1.54, 1.807) is 0 Å². The quantitative estimate of drug-likeness (QED) is 0.724. The summed E-state index contributed by atoms with van der Waals surface area (Å²) in [7, 11) is 0. The van der Waals surface area contributed by atoms with Gasteiger partial charge < -0.3 is 4.57 Å². The van der Waals surface area contributed by atoms with Gasteiger partial charge in [0.1, 0.15) is 11.6 Å². The first-order chi connectivity index (χ1) is 7.20. The van der Waals surface area contributed by atoms with Crippen molar-refractivity contribution < 1.29 is 0 Å². The number of halogens is 1. The van der Waals surface area contributed by atoms with Crippen molar-refractivity contribution in [2.24, 2.45) is 11.8 Å². The summed E-state index contributed by atoms with van der Waals surface area (Å²) in [5.41, 5.74) is 0. The lowest BCUT2D eigenvalue weighted by Gasteiger charge is -2.11. The largest absolute Gasteiger partial charge is 0.314 e. The fourth-order valence-corrected chi connectivity index (χ4v) is 1.98. The maximum absolute atomic E-state index is 5.86. The molecule has 0 saturated heterocycles. The Hall–Kier alpha value is -0.570. The summed E-state index contributed by atoms with van der Waals surface area (Å²) in [5, 5.41) is 8.40. The Morgan fingerprint density at radius 3 is 2.53 bits per heavy atom. The number of rotatable bonds is 5. The Labute approximate surface area is 95.8 Å². The Bertz CT molecular complexity index is 329. The maximum Gasteiger partial charge on any atom is 0.147 e. The van der Waals surface area contributed by atoms with E-state index in [4.69, 9.17) is 11.6 Å². The molecule has 84 valence electrons. The highest BCUT2D eigenvalue weighted by molar-refractivity contribution is 6.16. The lowest BCUT2D eigenvalue weighted by atomic mass is 10.2. The van der Waals surface area contributed by atoms with Gasteiger partial charge in [-0.1, -0.05) is 13.8 Å². The van der Waals surface area contributed by atoms with E-state index in [1.165, 1.54) is 12.8 Å². The smallest absolute Gasteiger partial charge is 0.147 e. The molecule has 1 fully saturated rings. The van der Waals surface area contributed by atoms with Gasteiger partial charge in [-0.25, -0.2) is 0 Å². The van der Waals surface area contributed by atoms with Gasteiger partial charge in [0.05, 0.1) is 5.88 Å². The van der Waals surface area contributed by atoms with Crippen LogP contribution in [0.1, 0.15) is 38.3 Å². The predicted octanol–water partition coefficient (Wildman–Crippen LogP) is 2.63. The molecule has 1 aromatic heterocycles. The molecule has 0 unspecified atom stereocenters. The van der Waals surface area contributed by atoms with Gasteiger partial charge in [0, 0.05) is 13.0 Å². The summed E-state index contributed by atoms with van der Waals surface area (Å²) in [4.78, 5) is 0. The van der Waals surface area contributed by atoms with Crippen molar-refractivity contribution in [1.82, 2.24) is 14.8 Å². The molecule has 15 heavy (non-hydrogen) atoms. The molecular weight excluding hydrogens is 210 g/mol. The minimum atomic E-state index is 0.463. The first kappa shape index (κ1) is 10.9. The Morgan fingerprint density at radius 1 is 1.33 bits per heavy atom. The SMILES string of the molecule is CC(C)Cn1c(CCl)nnc1CC1CC1. The number of nitrogens with zero attached hydrogens (tertiary/aromatic N) is 3.